The highest BCUT2D eigenvalue weighted by Crippen LogP contribution is 2.19. The van der Waals surface area contributed by atoms with Crippen LogP contribution < -0.4 is 5.32 Å². The van der Waals surface area contributed by atoms with Crippen LogP contribution in [0.5, 0.6) is 0 Å². The molecule has 0 aliphatic heterocycles. The number of methoxy groups -OCH3 is 1. The first-order chi connectivity index (χ1) is 9.10. The molecule has 0 saturated carbocycles. The number of nitrogens with one attached hydrogen (secondary N) is 1. The van der Waals surface area contributed by atoms with Gasteiger partial charge in [0, 0.05) is 29.6 Å². The zero-order valence-electron chi connectivity index (χ0n) is 10.1. The number of rotatable bonds is 6. The van der Waals surface area contributed by atoms with Crippen LogP contribution in [0, 0.1) is 11.6 Å². The van der Waals surface area contributed by atoms with Gasteiger partial charge in [-0.15, -0.1) is 0 Å². The minimum atomic E-state index is -1.08. The lowest BCUT2D eigenvalue weighted by Gasteiger charge is -2.16. The van der Waals surface area contributed by atoms with E-state index in [-0.39, 0.29) is 18.7 Å². The van der Waals surface area contributed by atoms with E-state index < -0.39 is 23.6 Å². The summed E-state index contributed by atoms with van der Waals surface area (Å²) < 4.78 is 31.0. The molecule has 1 atom stereocenters. The van der Waals surface area contributed by atoms with E-state index in [1.807, 2.05) is 0 Å². The summed E-state index contributed by atoms with van der Waals surface area (Å²) in [4.78, 5) is 14.1. The van der Waals surface area contributed by atoms with Crippen LogP contribution in [0.2, 0.25) is 0 Å². The molecule has 0 fully saturated rings. The van der Waals surface area contributed by atoms with Gasteiger partial charge in [0.25, 0.3) is 0 Å². The van der Waals surface area contributed by atoms with Crippen molar-refractivity contribution in [3.8, 4) is 0 Å². The first-order valence-corrected chi connectivity index (χ1v) is 5.37. The Kier molecular flexibility index (Phi) is 5.72. The van der Waals surface area contributed by atoms with Crippen LogP contribution >= 0.6 is 0 Å². The van der Waals surface area contributed by atoms with Crippen molar-refractivity contribution >= 4 is 5.97 Å². The molecule has 8 heteroatoms. The molecule has 102 valence electrons. The predicted molar refractivity (Wildman–Crippen MR) is 63.1 cm³/mol. The average molecular weight is 270 g/mol. The Balaban J connectivity index is 2.89. The third kappa shape index (κ3) is 4.20. The van der Waals surface area contributed by atoms with Crippen molar-refractivity contribution < 1.29 is 18.3 Å². The van der Waals surface area contributed by atoms with Gasteiger partial charge in [0.1, 0.15) is 17.7 Å². The van der Waals surface area contributed by atoms with Gasteiger partial charge in [-0.05, 0) is 11.6 Å². The van der Waals surface area contributed by atoms with Gasteiger partial charge in [0.05, 0.1) is 7.11 Å². The number of benzene rings is 1. The SMILES string of the molecule is COC(=O)C(NCCN=[N+]=[N-])c1ccc(F)cc1F. The van der Waals surface area contributed by atoms with E-state index in [0.29, 0.717) is 6.07 Å². The predicted octanol–water partition coefficient (Wildman–Crippen LogP) is 2.08. The molecule has 0 amide bonds. The molecular weight excluding hydrogens is 258 g/mol. The highest BCUT2D eigenvalue weighted by Gasteiger charge is 2.23. The highest BCUT2D eigenvalue weighted by molar-refractivity contribution is 5.77. The van der Waals surface area contributed by atoms with E-state index in [1.54, 1.807) is 0 Å². The largest absolute Gasteiger partial charge is 0.468 e. The van der Waals surface area contributed by atoms with Crippen LogP contribution in [0.15, 0.2) is 23.3 Å². The molecule has 0 saturated heterocycles. The molecule has 19 heavy (non-hydrogen) atoms. The quantitative estimate of drug-likeness (QED) is 0.282. The number of hydrogen-bond acceptors (Lipinski definition) is 4. The van der Waals surface area contributed by atoms with Crippen LogP contribution in [-0.4, -0.2) is 26.2 Å². The average Bonchev–Trinajstić information content (AvgIpc) is 2.39. The van der Waals surface area contributed by atoms with Crippen LogP contribution in [0.25, 0.3) is 10.4 Å². The van der Waals surface area contributed by atoms with E-state index in [0.717, 1.165) is 19.2 Å². The summed E-state index contributed by atoms with van der Waals surface area (Å²) in [6, 6.07) is 1.80. The van der Waals surface area contributed by atoms with Crippen molar-refractivity contribution in [1.82, 2.24) is 5.32 Å². The molecule has 0 aliphatic rings. The maximum absolute atomic E-state index is 13.6. The van der Waals surface area contributed by atoms with E-state index in [4.69, 9.17) is 5.53 Å². The summed E-state index contributed by atoms with van der Waals surface area (Å²) in [7, 11) is 1.16. The number of ether oxygens (including phenoxy) is 1. The van der Waals surface area contributed by atoms with Gasteiger partial charge in [0.15, 0.2) is 0 Å². The number of carbonyl (C=O) groups is 1. The fourth-order valence-electron chi connectivity index (χ4n) is 1.48. The number of nitrogens with zero attached hydrogens (tertiary/aromatic N) is 3. The molecule has 0 heterocycles. The highest BCUT2D eigenvalue weighted by atomic mass is 19.1. The molecule has 6 nitrogen and oxygen atoms in total. The van der Waals surface area contributed by atoms with Gasteiger partial charge in [-0.2, -0.15) is 0 Å². The number of carbonyl (C=O) groups excluding carboxylic acids is 1. The van der Waals surface area contributed by atoms with E-state index in [2.05, 4.69) is 20.1 Å². The lowest BCUT2D eigenvalue weighted by atomic mass is 10.1. The first-order valence-electron chi connectivity index (χ1n) is 5.37. The fourth-order valence-corrected chi connectivity index (χ4v) is 1.48. The molecule has 1 unspecified atom stereocenters. The second kappa shape index (κ2) is 7.30. The number of azide groups is 1. The molecule has 1 aromatic rings. The van der Waals surface area contributed by atoms with Crippen molar-refractivity contribution in [3.05, 3.63) is 45.8 Å². The molecule has 0 spiro atoms. The second-order valence-corrected chi connectivity index (χ2v) is 3.53. The maximum Gasteiger partial charge on any atom is 0.327 e. The molecule has 1 aromatic carbocycles. The van der Waals surface area contributed by atoms with Gasteiger partial charge in [-0.1, -0.05) is 11.2 Å². The minimum Gasteiger partial charge on any atom is -0.468 e. The Morgan fingerprint density at radius 3 is 2.89 bits per heavy atom. The molecule has 1 rings (SSSR count). The second-order valence-electron chi connectivity index (χ2n) is 3.53. The first kappa shape index (κ1) is 14.9. The standard InChI is InChI=1S/C11H12F2N4O2/c1-19-11(18)10(15-4-5-16-17-14)8-3-2-7(12)6-9(8)13/h2-3,6,10,15H,4-5H2,1H3. The smallest absolute Gasteiger partial charge is 0.327 e. The van der Waals surface area contributed by atoms with Gasteiger partial charge >= 0.3 is 5.97 Å². The maximum atomic E-state index is 13.6. The Morgan fingerprint density at radius 2 is 2.32 bits per heavy atom. The summed E-state index contributed by atoms with van der Waals surface area (Å²) >= 11 is 0. The van der Waals surface area contributed by atoms with Crippen molar-refractivity contribution in [2.75, 3.05) is 20.2 Å². The van der Waals surface area contributed by atoms with Crippen LogP contribution in [0.1, 0.15) is 11.6 Å². The Labute approximate surface area is 108 Å². The zero-order chi connectivity index (χ0) is 14.3. The van der Waals surface area contributed by atoms with Gasteiger partial charge in [-0.25, -0.2) is 13.6 Å². The zero-order valence-corrected chi connectivity index (χ0v) is 10.1. The molecular formula is C11H12F2N4O2. The molecule has 0 aromatic heterocycles. The number of hydrogen-bond donors (Lipinski definition) is 1. The summed E-state index contributed by atoms with van der Waals surface area (Å²) in [6.45, 7) is 0.244. The third-order valence-corrected chi connectivity index (χ3v) is 2.33. The van der Waals surface area contributed by atoms with Gasteiger partial charge in [-0.3, -0.25) is 0 Å². The summed E-state index contributed by atoms with van der Waals surface area (Å²) in [5, 5.41) is 5.95. The summed E-state index contributed by atoms with van der Waals surface area (Å²) in [6.07, 6.45) is 0. The lowest BCUT2D eigenvalue weighted by Crippen LogP contribution is -2.32. The lowest BCUT2D eigenvalue weighted by molar-refractivity contribution is -0.143. The number of esters is 1. The normalized spacial score (nSPS) is 11.5. The summed E-state index contributed by atoms with van der Waals surface area (Å²) in [5.41, 5.74) is 8.08. The van der Waals surface area contributed by atoms with Gasteiger partial charge in [0.2, 0.25) is 0 Å². The topological polar surface area (TPSA) is 87.1 Å². The third-order valence-electron chi connectivity index (χ3n) is 2.33. The van der Waals surface area contributed by atoms with Crippen molar-refractivity contribution in [2.45, 2.75) is 6.04 Å². The minimum absolute atomic E-state index is 0.0332. The Morgan fingerprint density at radius 1 is 1.58 bits per heavy atom. The van der Waals surface area contributed by atoms with E-state index in [1.165, 1.54) is 0 Å². The molecule has 1 N–H and O–H groups in total. The van der Waals surface area contributed by atoms with Crippen molar-refractivity contribution in [3.63, 3.8) is 0 Å². The van der Waals surface area contributed by atoms with Crippen molar-refractivity contribution in [2.24, 2.45) is 5.11 Å². The monoisotopic (exact) mass is 270 g/mol. The molecule has 0 bridgehead atoms. The van der Waals surface area contributed by atoms with Crippen LogP contribution in [0.4, 0.5) is 8.78 Å². The molecule has 0 radical (unpaired) electrons. The van der Waals surface area contributed by atoms with Gasteiger partial charge < -0.3 is 10.1 Å². The summed E-state index contributed by atoms with van der Waals surface area (Å²) in [5.74, 6) is -2.31. The van der Waals surface area contributed by atoms with Crippen molar-refractivity contribution in [1.29, 1.82) is 0 Å². The Hall–Kier alpha value is -2.18. The fraction of sp³-hybridized carbons (Fsp3) is 0.364. The Bertz CT molecular complexity index is 503. The number of halogens is 2. The van der Waals surface area contributed by atoms with Crippen LogP contribution in [0.3, 0.4) is 0 Å². The molecule has 0 aliphatic carbocycles. The van der Waals surface area contributed by atoms with E-state index in [9.17, 15) is 13.6 Å². The van der Waals surface area contributed by atoms with Crippen LogP contribution in [-0.2, 0) is 9.53 Å². The van der Waals surface area contributed by atoms with E-state index >= 15 is 0 Å².